The lowest BCUT2D eigenvalue weighted by atomic mass is 10.1. The Labute approximate surface area is 147 Å². The first-order valence-corrected chi connectivity index (χ1v) is 8.53. The molecule has 0 amide bonds. The Morgan fingerprint density at radius 3 is 2.75 bits per heavy atom. The molecule has 2 heterocycles. The van der Waals surface area contributed by atoms with Crippen LogP contribution in [-0.2, 0) is 0 Å². The first kappa shape index (κ1) is 17.4. The molecule has 1 N–H and O–H groups in total. The van der Waals surface area contributed by atoms with Crippen LogP contribution in [0.15, 0.2) is 18.5 Å². The minimum Gasteiger partial charge on any atom is -0.490 e. The number of benzene rings is 1. The van der Waals surface area contributed by atoms with Gasteiger partial charge in [-0.25, -0.2) is 9.97 Å². The second kappa shape index (κ2) is 7.61. The largest absolute Gasteiger partial charge is 0.490 e. The van der Waals surface area contributed by atoms with Crippen molar-refractivity contribution in [2.75, 3.05) is 46.4 Å². The van der Waals surface area contributed by atoms with Gasteiger partial charge in [0.1, 0.15) is 29.9 Å². The summed E-state index contributed by atoms with van der Waals surface area (Å²) in [6.45, 7) is 6.89. The molecule has 0 spiro atoms. The summed E-state index contributed by atoms with van der Waals surface area (Å²) >= 11 is 6.09. The van der Waals surface area contributed by atoms with E-state index in [0.29, 0.717) is 11.7 Å². The monoisotopic (exact) mass is 350 g/mol. The van der Waals surface area contributed by atoms with Crippen LogP contribution in [0.3, 0.4) is 0 Å². The van der Waals surface area contributed by atoms with E-state index in [1.165, 1.54) is 6.33 Å². The SMILES string of the molecule is Cc1cc2c(Cl)ncnc2cc1OCC(O)CN1CCN(C)CC1. The van der Waals surface area contributed by atoms with Crippen molar-refractivity contribution in [2.45, 2.75) is 13.0 Å². The Morgan fingerprint density at radius 2 is 2.00 bits per heavy atom. The van der Waals surface area contributed by atoms with Crippen LogP contribution in [-0.4, -0.2) is 77.4 Å². The van der Waals surface area contributed by atoms with Gasteiger partial charge in [-0.2, -0.15) is 0 Å². The Balaban J connectivity index is 1.60. The molecule has 0 aliphatic carbocycles. The lowest BCUT2D eigenvalue weighted by Gasteiger charge is -2.33. The van der Waals surface area contributed by atoms with Gasteiger partial charge in [-0.05, 0) is 25.6 Å². The number of halogens is 1. The van der Waals surface area contributed by atoms with Crippen LogP contribution in [0, 0.1) is 6.92 Å². The highest BCUT2D eigenvalue weighted by Crippen LogP contribution is 2.27. The predicted octanol–water partition coefficient (Wildman–Crippen LogP) is 1.58. The Hall–Kier alpha value is -1.47. The van der Waals surface area contributed by atoms with E-state index < -0.39 is 6.10 Å². The van der Waals surface area contributed by atoms with Gasteiger partial charge in [0.25, 0.3) is 0 Å². The maximum atomic E-state index is 10.2. The topological polar surface area (TPSA) is 61.7 Å². The second-order valence-corrected chi connectivity index (χ2v) is 6.73. The predicted molar refractivity (Wildman–Crippen MR) is 94.7 cm³/mol. The first-order chi connectivity index (χ1) is 11.5. The molecule has 7 heteroatoms. The van der Waals surface area contributed by atoms with E-state index in [0.717, 1.165) is 48.4 Å². The van der Waals surface area contributed by atoms with Gasteiger partial charge in [0, 0.05) is 44.2 Å². The molecule has 0 radical (unpaired) electrons. The van der Waals surface area contributed by atoms with E-state index in [9.17, 15) is 5.11 Å². The smallest absolute Gasteiger partial charge is 0.140 e. The van der Waals surface area contributed by atoms with Crippen LogP contribution in [0.25, 0.3) is 10.9 Å². The van der Waals surface area contributed by atoms with Crippen LogP contribution >= 0.6 is 11.6 Å². The summed E-state index contributed by atoms with van der Waals surface area (Å²) in [5, 5.41) is 11.5. The van der Waals surface area contributed by atoms with Gasteiger partial charge in [0.05, 0.1) is 5.52 Å². The van der Waals surface area contributed by atoms with Crippen molar-refractivity contribution >= 4 is 22.5 Å². The van der Waals surface area contributed by atoms with Gasteiger partial charge in [-0.3, -0.25) is 4.90 Å². The second-order valence-electron chi connectivity index (χ2n) is 6.37. The van der Waals surface area contributed by atoms with Crippen LogP contribution in [0.5, 0.6) is 5.75 Å². The zero-order valence-corrected chi connectivity index (χ0v) is 14.8. The van der Waals surface area contributed by atoms with E-state index in [4.69, 9.17) is 16.3 Å². The molecule has 1 unspecified atom stereocenters. The number of aliphatic hydroxyl groups excluding tert-OH is 1. The van der Waals surface area contributed by atoms with E-state index in [1.807, 2.05) is 19.1 Å². The lowest BCUT2D eigenvalue weighted by molar-refractivity contribution is 0.0503. The number of nitrogens with zero attached hydrogens (tertiary/aromatic N) is 4. The number of piperazine rings is 1. The van der Waals surface area contributed by atoms with Crippen molar-refractivity contribution in [2.24, 2.45) is 0 Å². The molecular formula is C17H23ClN4O2. The number of hydrogen-bond acceptors (Lipinski definition) is 6. The van der Waals surface area contributed by atoms with Gasteiger partial charge in [-0.15, -0.1) is 0 Å². The average Bonchev–Trinajstić information content (AvgIpc) is 2.56. The third-order valence-electron chi connectivity index (χ3n) is 4.38. The molecule has 0 bridgehead atoms. The molecule has 1 fully saturated rings. The van der Waals surface area contributed by atoms with Crippen molar-refractivity contribution in [1.82, 2.24) is 19.8 Å². The molecule has 6 nitrogen and oxygen atoms in total. The summed E-state index contributed by atoms with van der Waals surface area (Å²) in [6.07, 6.45) is 0.920. The zero-order chi connectivity index (χ0) is 17.1. The summed E-state index contributed by atoms with van der Waals surface area (Å²) in [6, 6.07) is 3.76. The van der Waals surface area contributed by atoms with Crippen LogP contribution in [0.2, 0.25) is 5.15 Å². The fourth-order valence-corrected chi connectivity index (χ4v) is 3.08. The van der Waals surface area contributed by atoms with Gasteiger partial charge < -0.3 is 14.7 Å². The van der Waals surface area contributed by atoms with E-state index >= 15 is 0 Å². The summed E-state index contributed by atoms with van der Waals surface area (Å²) in [7, 11) is 2.12. The first-order valence-electron chi connectivity index (χ1n) is 8.15. The van der Waals surface area contributed by atoms with Crippen LogP contribution in [0.4, 0.5) is 0 Å². The molecule has 1 aromatic carbocycles. The minimum atomic E-state index is -0.516. The summed E-state index contributed by atoms with van der Waals surface area (Å²) < 4.78 is 5.82. The zero-order valence-electron chi connectivity index (χ0n) is 14.1. The summed E-state index contributed by atoms with van der Waals surface area (Å²) in [5.41, 5.74) is 1.69. The third-order valence-corrected chi connectivity index (χ3v) is 4.68. The molecule has 1 aliphatic rings. The molecule has 3 rings (SSSR count). The lowest BCUT2D eigenvalue weighted by Crippen LogP contribution is -2.47. The fraction of sp³-hybridized carbons (Fsp3) is 0.529. The number of aryl methyl sites for hydroxylation is 1. The van der Waals surface area contributed by atoms with Gasteiger partial charge in [0.2, 0.25) is 0 Å². The number of fused-ring (bicyclic) bond motifs is 1. The van der Waals surface area contributed by atoms with Gasteiger partial charge in [-0.1, -0.05) is 11.6 Å². The van der Waals surface area contributed by atoms with Gasteiger partial charge in [0.15, 0.2) is 0 Å². The average molecular weight is 351 g/mol. The summed E-state index contributed by atoms with van der Waals surface area (Å²) in [5.74, 6) is 0.717. The van der Waals surface area contributed by atoms with E-state index in [2.05, 4.69) is 26.8 Å². The number of aromatic nitrogens is 2. The molecule has 2 aromatic rings. The van der Waals surface area contributed by atoms with Crippen molar-refractivity contribution < 1.29 is 9.84 Å². The number of likely N-dealkylation sites (N-methyl/N-ethyl adjacent to an activating group) is 1. The quantitative estimate of drug-likeness (QED) is 0.826. The molecule has 1 saturated heterocycles. The number of rotatable bonds is 5. The highest BCUT2D eigenvalue weighted by molar-refractivity contribution is 6.34. The number of hydrogen-bond donors (Lipinski definition) is 1. The number of β-amino-alcohol motifs (C(OH)–C–C–N with tert-alkyl or cyclic N) is 1. The number of ether oxygens (including phenoxy) is 1. The maximum Gasteiger partial charge on any atom is 0.140 e. The molecule has 24 heavy (non-hydrogen) atoms. The van der Waals surface area contributed by atoms with Crippen LogP contribution in [0.1, 0.15) is 5.56 Å². The maximum absolute atomic E-state index is 10.2. The fourth-order valence-electron chi connectivity index (χ4n) is 2.88. The highest BCUT2D eigenvalue weighted by atomic mass is 35.5. The Kier molecular flexibility index (Phi) is 5.50. The van der Waals surface area contributed by atoms with Crippen molar-refractivity contribution in [3.05, 3.63) is 29.2 Å². The molecule has 1 atom stereocenters. The Bertz CT molecular complexity index is 704. The normalized spacial score (nSPS) is 18.0. The standard InChI is InChI=1S/C17H23ClN4O2/c1-12-7-14-15(19-11-20-17(14)18)8-16(12)24-10-13(23)9-22-5-3-21(2)4-6-22/h7-8,11,13,23H,3-6,9-10H2,1-2H3. The van der Waals surface area contributed by atoms with Crippen molar-refractivity contribution in [3.63, 3.8) is 0 Å². The van der Waals surface area contributed by atoms with Gasteiger partial charge >= 0.3 is 0 Å². The summed E-state index contributed by atoms with van der Waals surface area (Å²) in [4.78, 5) is 12.8. The molecule has 0 saturated carbocycles. The molecule has 1 aromatic heterocycles. The minimum absolute atomic E-state index is 0.261. The molecular weight excluding hydrogens is 328 g/mol. The van der Waals surface area contributed by atoms with Crippen molar-refractivity contribution in [1.29, 1.82) is 0 Å². The molecule has 1 aliphatic heterocycles. The molecule has 130 valence electrons. The number of aliphatic hydroxyl groups is 1. The van der Waals surface area contributed by atoms with E-state index in [1.54, 1.807) is 0 Å². The highest BCUT2D eigenvalue weighted by Gasteiger charge is 2.17. The third kappa shape index (κ3) is 4.13. The Morgan fingerprint density at radius 1 is 1.25 bits per heavy atom. The van der Waals surface area contributed by atoms with E-state index in [-0.39, 0.29) is 6.61 Å². The van der Waals surface area contributed by atoms with Crippen molar-refractivity contribution in [3.8, 4) is 5.75 Å². The van der Waals surface area contributed by atoms with Crippen LogP contribution < -0.4 is 4.74 Å².